The van der Waals surface area contributed by atoms with Gasteiger partial charge in [-0.25, -0.2) is 0 Å². The van der Waals surface area contributed by atoms with Crippen LogP contribution in [-0.4, -0.2) is 5.11 Å². The molecule has 0 saturated heterocycles. The number of benzene rings is 1. The molecular formula is C17H20O2. The van der Waals surface area contributed by atoms with Gasteiger partial charge in [-0.3, -0.25) is 0 Å². The molecular weight excluding hydrogens is 236 g/mol. The van der Waals surface area contributed by atoms with E-state index in [0.29, 0.717) is 5.92 Å². The van der Waals surface area contributed by atoms with Crippen molar-refractivity contribution in [1.82, 2.24) is 0 Å². The second-order valence-electron chi connectivity index (χ2n) is 5.47. The number of hydrogen-bond acceptors (Lipinski definition) is 2. The van der Waals surface area contributed by atoms with Crippen LogP contribution in [0.25, 0.3) is 0 Å². The van der Waals surface area contributed by atoms with Gasteiger partial charge in [0.05, 0.1) is 12.4 Å². The average Bonchev–Trinajstić information content (AvgIpc) is 2.85. The molecule has 1 N–H and O–H groups in total. The zero-order chi connectivity index (χ0) is 13.2. The van der Waals surface area contributed by atoms with E-state index >= 15 is 0 Å². The first kappa shape index (κ1) is 12.5. The lowest BCUT2D eigenvalue weighted by atomic mass is 9.79. The van der Waals surface area contributed by atoms with Gasteiger partial charge in [-0.05, 0) is 55.7 Å². The number of fused-ring (bicyclic) bond motifs is 1. The second-order valence-corrected chi connectivity index (χ2v) is 5.47. The molecule has 0 radical (unpaired) electrons. The number of aliphatic hydroxyl groups excluding tert-OH is 1. The standard InChI is InChI=1S/C17H20O2/c1-12-15(9-10-19-12)17(18)11-14-7-4-6-13-5-2-3-8-16(13)14/h2-3,5,8-10,14,17-18H,4,6-7,11H2,1H3. The summed E-state index contributed by atoms with van der Waals surface area (Å²) in [6, 6.07) is 10.5. The fraction of sp³-hybridized carbons (Fsp3) is 0.412. The summed E-state index contributed by atoms with van der Waals surface area (Å²) in [7, 11) is 0. The van der Waals surface area contributed by atoms with Gasteiger partial charge in [0.1, 0.15) is 5.76 Å². The van der Waals surface area contributed by atoms with Crippen LogP contribution in [-0.2, 0) is 6.42 Å². The molecule has 1 heterocycles. The molecule has 0 spiro atoms. The van der Waals surface area contributed by atoms with Crippen molar-refractivity contribution in [2.24, 2.45) is 0 Å². The quantitative estimate of drug-likeness (QED) is 0.895. The summed E-state index contributed by atoms with van der Waals surface area (Å²) in [6.07, 6.45) is 5.59. The van der Waals surface area contributed by atoms with Crippen molar-refractivity contribution in [3.05, 3.63) is 59.0 Å². The Bertz CT molecular complexity index is 556. The Hall–Kier alpha value is -1.54. The molecule has 100 valence electrons. The van der Waals surface area contributed by atoms with E-state index in [4.69, 9.17) is 4.42 Å². The third kappa shape index (κ3) is 2.45. The Labute approximate surface area is 114 Å². The van der Waals surface area contributed by atoms with Crippen molar-refractivity contribution in [3.63, 3.8) is 0 Å². The molecule has 0 saturated carbocycles. The minimum absolute atomic E-state index is 0.421. The van der Waals surface area contributed by atoms with Crippen LogP contribution in [0.5, 0.6) is 0 Å². The first-order valence-electron chi connectivity index (χ1n) is 7.05. The number of aryl methyl sites for hydroxylation is 2. The smallest absolute Gasteiger partial charge is 0.106 e. The van der Waals surface area contributed by atoms with Crippen LogP contribution in [0, 0.1) is 6.92 Å². The van der Waals surface area contributed by atoms with Gasteiger partial charge < -0.3 is 9.52 Å². The summed E-state index contributed by atoms with van der Waals surface area (Å²) >= 11 is 0. The van der Waals surface area contributed by atoms with Crippen molar-refractivity contribution in [1.29, 1.82) is 0 Å². The van der Waals surface area contributed by atoms with E-state index in [1.165, 1.54) is 30.4 Å². The van der Waals surface area contributed by atoms with Crippen LogP contribution in [0.1, 0.15) is 53.7 Å². The zero-order valence-corrected chi connectivity index (χ0v) is 11.3. The maximum Gasteiger partial charge on any atom is 0.106 e. The summed E-state index contributed by atoms with van der Waals surface area (Å²) in [6.45, 7) is 1.91. The molecule has 0 fully saturated rings. The molecule has 19 heavy (non-hydrogen) atoms. The van der Waals surface area contributed by atoms with Gasteiger partial charge in [0, 0.05) is 5.56 Å². The molecule has 1 aromatic heterocycles. The van der Waals surface area contributed by atoms with Crippen LogP contribution < -0.4 is 0 Å². The van der Waals surface area contributed by atoms with E-state index in [0.717, 1.165) is 17.7 Å². The fourth-order valence-electron chi connectivity index (χ4n) is 3.24. The lowest BCUT2D eigenvalue weighted by molar-refractivity contribution is 0.152. The molecule has 1 aliphatic carbocycles. The minimum atomic E-state index is -0.421. The Morgan fingerprint density at radius 2 is 2.16 bits per heavy atom. The van der Waals surface area contributed by atoms with E-state index in [1.54, 1.807) is 6.26 Å². The van der Waals surface area contributed by atoms with Crippen LogP contribution >= 0.6 is 0 Å². The average molecular weight is 256 g/mol. The molecule has 0 bridgehead atoms. The molecule has 2 atom stereocenters. The van der Waals surface area contributed by atoms with Gasteiger partial charge in [-0.2, -0.15) is 0 Å². The summed E-state index contributed by atoms with van der Waals surface area (Å²) in [4.78, 5) is 0. The molecule has 0 amide bonds. The summed E-state index contributed by atoms with van der Waals surface area (Å²) in [5.41, 5.74) is 3.81. The van der Waals surface area contributed by atoms with Crippen LogP contribution in [0.15, 0.2) is 41.0 Å². The maximum atomic E-state index is 10.4. The lowest BCUT2D eigenvalue weighted by Gasteiger charge is -2.27. The Balaban J connectivity index is 1.80. The van der Waals surface area contributed by atoms with Gasteiger partial charge in [0.25, 0.3) is 0 Å². The number of rotatable bonds is 3. The molecule has 0 aliphatic heterocycles. The first-order chi connectivity index (χ1) is 9.25. The Kier molecular flexibility index (Phi) is 3.43. The predicted molar refractivity (Wildman–Crippen MR) is 75.1 cm³/mol. The van der Waals surface area contributed by atoms with Gasteiger partial charge in [-0.1, -0.05) is 24.3 Å². The first-order valence-corrected chi connectivity index (χ1v) is 7.05. The molecule has 1 aromatic carbocycles. The SMILES string of the molecule is Cc1occc1C(O)CC1CCCc2ccccc21. The lowest BCUT2D eigenvalue weighted by Crippen LogP contribution is -2.13. The number of furan rings is 1. The molecule has 3 rings (SSSR count). The molecule has 2 nitrogen and oxygen atoms in total. The maximum absolute atomic E-state index is 10.4. The summed E-state index contributed by atoms with van der Waals surface area (Å²) in [5, 5.41) is 10.4. The monoisotopic (exact) mass is 256 g/mol. The highest BCUT2D eigenvalue weighted by Crippen LogP contribution is 2.38. The molecule has 2 heteroatoms. The molecule has 2 unspecified atom stereocenters. The second kappa shape index (κ2) is 5.22. The van der Waals surface area contributed by atoms with Crippen molar-refractivity contribution >= 4 is 0 Å². The van der Waals surface area contributed by atoms with Crippen molar-refractivity contribution in [3.8, 4) is 0 Å². The van der Waals surface area contributed by atoms with Gasteiger partial charge in [-0.15, -0.1) is 0 Å². The van der Waals surface area contributed by atoms with Gasteiger partial charge in [0.2, 0.25) is 0 Å². The molecule has 2 aromatic rings. The summed E-state index contributed by atoms with van der Waals surface area (Å²) < 4.78 is 5.28. The Morgan fingerprint density at radius 1 is 1.32 bits per heavy atom. The van der Waals surface area contributed by atoms with E-state index in [9.17, 15) is 5.11 Å². The highest BCUT2D eigenvalue weighted by Gasteiger charge is 2.24. The fourth-order valence-corrected chi connectivity index (χ4v) is 3.24. The molecule has 1 aliphatic rings. The van der Waals surface area contributed by atoms with Crippen LogP contribution in [0.2, 0.25) is 0 Å². The third-order valence-corrected chi connectivity index (χ3v) is 4.26. The largest absolute Gasteiger partial charge is 0.469 e. The van der Waals surface area contributed by atoms with E-state index < -0.39 is 6.10 Å². The topological polar surface area (TPSA) is 33.4 Å². The van der Waals surface area contributed by atoms with Crippen LogP contribution in [0.3, 0.4) is 0 Å². The van der Waals surface area contributed by atoms with E-state index in [-0.39, 0.29) is 0 Å². The van der Waals surface area contributed by atoms with E-state index in [2.05, 4.69) is 24.3 Å². The van der Waals surface area contributed by atoms with E-state index in [1.807, 2.05) is 13.0 Å². The number of hydrogen-bond donors (Lipinski definition) is 1. The van der Waals surface area contributed by atoms with Crippen LogP contribution in [0.4, 0.5) is 0 Å². The van der Waals surface area contributed by atoms with Crippen molar-refractivity contribution < 1.29 is 9.52 Å². The predicted octanol–water partition coefficient (Wildman–Crippen LogP) is 4.13. The van der Waals surface area contributed by atoms with Crippen molar-refractivity contribution in [2.45, 2.75) is 44.6 Å². The third-order valence-electron chi connectivity index (χ3n) is 4.26. The highest BCUT2D eigenvalue weighted by atomic mass is 16.3. The normalized spacial score (nSPS) is 20.0. The van der Waals surface area contributed by atoms with Crippen molar-refractivity contribution in [2.75, 3.05) is 0 Å². The Morgan fingerprint density at radius 3 is 2.95 bits per heavy atom. The highest BCUT2D eigenvalue weighted by molar-refractivity contribution is 5.33. The van der Waals surface area contributed by atoms with Gasteiger partial charge >= 0.3 is 0 Å². The number of aliphatic hydroxyl groups is 1. The minimum Gasteiger partial charge on any atom is -0.469 e. The summed E-state index contributed by atoms with van der Waals surface area (Å²) in [5.74, 6) is 1.30. The van der Waals surface area contributed by atoms with Gasteiger partial charge in [0.15, 0.2) is 0 Å². The zero-order valence-electron chi connectivity index (χ0n) is 11.3.